The Hall–Kier alpha value is -0.880. The first-order chi connectivity index (χ1) is 8.52. The van der Waals surface area contributed by atoms with Gasteiger partial charge < -0.3 is 10.6 Å². The van der Waals surface area contributed by atoms with Gasteiger partial charge in [0.05, 0.1) is 11.9 Å². The number of hydrogen-bond donors (Lipinski definition) is 1. The molecule has 0 spiro atoms. The highest BCUT2D eigenvalue weighted by Gasteiger charge is 2.27. The molecule has 1 aromatic rings. The highest BCUT2D eigenvalue weighted by Crippen LogP contribution is 2.29. The molecule has 0 aliphatic carbocycles. The maximum atomic E-state index is 11.9. The second-order valence-electron chi connectivity index (χ2n) is 4.89. The average molecular weight is 315 g/mol. The quantitative estimate of drug-likeness (QED) is 0.892. The van der Waals surface area contributed by atoms with E-state index in [2.05, 4.69) is 25.9 Å². The van der Waals surface area contributed by atoms with Crippen LogP contribution in [0.1, 0.15) is 26.2 Å². The number of aromatic nitrogens is 2. The summed E-state index contributed by atoms with van der Waals surface area (Å²) in [4.78, 5) is 14.1. The highest BCUT2D eigenvalue weighted by atomic mass is 79.9. The topological polar surface area (TPSA) is 64.2 Å². The first kappa shape index (κ1) is 13.5. The van der Waals surface area contributed by atoms with Crippen LogP contribution in [-0.4, -0.2) is 28.4 Å². The minimum atomic E-state index is -0.110. The van der Waals surface area contributed by atoms with Crippen LogP contribution in [0.25, 0.3) is 0 Å². The number of rotatable bonds is 2. The van der Waals surface area contributed by atoms with E-state index in [9.17, 15) is 4.79 Å². The smallest absolute Gasteiger partial charge is 0.282 e. The highest BCUT2D eigenvalue weighted by molar-refractivity contribution is 9.10. The lowest BCUT2D eigenvalue weighted by atomic mass is 9.96. The number of aryl methyl sites for hydroxylation is 1. The van der Waals surface area contributed by atoms with E-state index in [1.807, 2.05) is 6.92 Å². The number of nitrogens with two attached hydrogens (primary N) is 1. The number of nitrogens with zero attached hydrogens (tertiary/aromatic N) is 3. The summed E-state index contributed by atoms with van der Waals surface area (Å²) in [7, 11) is 1.65. The van der Waals surface area contributed by atoms with Crippen molar-refractivity contribution in [3.63, 3.8) is 0 Å². The molecule has 0 bridgehead atoms. The lowest BCUT2D eigenvalue weighted by Crippen LogP contribution is -2.50. The lowest BCUT2D eigenvalue weighted by Gasteiger charge is -2.39. The molecule has 2 rings (SSSR count). The monoisotopic (exact) mass is 314 g/mol. The van der Waals surface area contributed by atoms with Crippen LogP contribution >= 0.6 is 15.9 Å². The van der Waals surface area contributed by atoms with Gasteiger partial charge in [-0.05, 0) is 42.1 Å². The number of anilines is 1. The number of piperidine rings is 1. The van der Waals surface area contributed by atoms with Gasteiger partial charge in [0, 0.05) is 25.7 Å². The summed E-state index contributed by atoms with van der Waals surface area (Å²) >= 11 is 3.39. The first-order valence-electron chi connectivity index (χ1n) is 6.26. The Kier molecular flexibility index (Phi) is 4.07. The van der Waals surface area contributed by atoms with E-state index in [1.165, 1.54) is 11.1 Å². The molecular formula is C12H19BrN4O. The van der Waals surface area contributed by atoms with Crippen LogP contribution in [0.3, 0.4) is 0 Å². The first-order valence-corrected chi connectivity index (χ1v) is 7.05. The maximum absolute atomic E-state index is 11.9. The maximum Gasteiger partial charge on any atom is 0.282 e. The molecule has 2 atom stereocenters. The molecule has 2 N–H and O–H groups in total. The van der Waals surface area contributed by atoms with E-state index in [0.29, 0.717) is 4.47 Å². The molecule has 6 heteroatoms. The van der Waals surface area contributed by atoms with Gasteiger partial charge in [0.2, 0.25) is 0 Å². The molecular weight excluding hydrogens is 296 g/mol. The molecule has 1 saturated heterocycles. The molecule has 2 unspecified atom stereocenters. The van der Waals surface area contributed by atoms with Crippen molar-refractivity contribution in [1.82, 2.24) is 9.78 Å². The summed E-state index contributed by atoms with van der Waals surface area (Å²) in [6, 6.07) is 0.366. The van der Waals surface area contributed by atoms with E-state index < -0.39 is 0 Å². The zero-order valence-corrected chi connectivity index (χ0v) is 12.4. The summed E-state index contributed by atoms with van der Waals surface area (Å²) in [5.41, 5.74) is 6.80. The van der Waals surface area contributed by atoms with Gasteiger partial charge in [-0.15, -0.1) is 0 Å². The molecule has 0 aromatic carbocycles. The van der Waals surface area contributed by atoms with Crippen LogP contribution < -0.4 is 16.2 Å². The van der Waals surface area contributed by atoms with Crippen molar-refractivity contribution >= 4 is 21.6 Å². The largest absolute Gasteiger partial charge is 0.365 e. The van der Waals surface area contributed by atoms with E-state index in [-0.39, 0.29) is 17.6 Å². The molecule has 1 aliphatic heterocycles. The normalized spacial score (nSPS) is 22.0. The van der Waals surface area contributed by atoms with Crippen molar-refractivity contribution in [2.24, 2.45) is 12.8 Å². The number of hydrogen-bond acceptors (Lipinski definition) is 4. The van der Waals surface area contributed by atoms with Gasteiger partial charge in [0.25, 0.3) is 5.56 Å². The summed E-state index contributed by atoms with van der Waals surface area (Å²) in [5, 5.41) is 4.10. The van der Waals surface area contributed by atoms with E-state index >= 15 is 0 Å². The fraction of sp³-hybridized carbons (Fsp3) is 0.667. The summed E-state index contributed by atoms with van der Waals surface area (Å²) in [5.74, 6) is 0. The van der Waals surface area contributed by atoms with Crippen molar-refractivity contribution in [3.05, 3.63) is 21.0 Å². The molecule has 0 amide bonds. The molecule has 5 nitrogen and oxygen atoms in total. The van der Waals surface area contributed by atoms with Crippen LogP contribution in [0, 0.1) is 0 Å². The van der Waals surface area contributed by atoms with Crippen molar-refractivity contribution in [2.45, 2.75) is 38.3 Å². The van der Waals surface area contributed by atoms with Crippen LogP contribution in [0.2, 0.25) is 0 Å². The Morgan fingerprint density at radius 3 is 2.94 bits per heavy atom. The van der Waals surface area contributed by atoms with Crippen LogP contribution in [0.15, 0.2) is 15.5 Å². The van der Waals surface area contributed by atoms with Crippen LogP contribution in [0.4, 0.5) is 5.69 Å². The summed E-state index contributed by atoms with van der Waals surface area (Å²) in [6.45, 7) is 2.95. The third kappa shape index (κ3) is 2.44. The fourth-order valence-electron chi connectivity index (χ4n) is 2.51. The Bertz CT molecular complexity index is 485. The Morgan fingerprint density at radius 1 is 1.56 bits per heavy atom. The summed E-state index contributed by atoms with van der Waals surface area (Å²) in [6.07, 6.45) is 5.13. The lowest BCUT2D eigenvalue weighted by molar-refractivity contribution is 0.412. The molecule has 0 radical (unpaired) electrons. The second-order valence-corrected chi connectivity index (χ2v) is 5.68. The zero-order chi connectivity index (χ0) is 13.3. The fourth-order valence-corrected chi connectivity index (χ4v) is 3.09. The average Bonchev–Trinajstić information content (AvgIpc) is 2.36. The van der Waals surface area contributed by atoms with Crippen molar-refractivity contribution in [2.75, 3.05) is 11.4 Å². The van der Waals surface area contributed by atoms with Crippen LogP contribution in [-0.2, 0) is 7.05 Å². The predicted octanol–water partition coefficient (Wildman–Crippen LogP) is 1.25. The minimum Gasteiger partial charge on any atom is -0.365 e. The SMILES string of the molecule is CC(N)C1CCCCN1c1cnn(C)c(=O)c1Br. The minimum absolute atomic E-state index is 0.0845. The predicted molar refractivity (Wildman–Crippen MR) is 75.8 cm³/mol. The third-order valence-corrected chi connectivity index (χ3v) is 4.27. The van der Waals surface area contributed by atoms with E-state index in [4.69, 9.17) is 5.73 Å². The van der Waals surface area contributed by atoms with Gasteiger partial charge in [0.15, 0.2) is 0 Å². The molecule has 2 heterocycles. The van der Waals surface area contributed by atoms with Crippen LogP contribution in [0.5, 0.6) is 0 Å². The van der Waals surface area contributed by atoms with Gasteiger partial charge >= 0.3 is 0 Å². The molecule has 1 aliphatic rings. The Labute approximate surface area is 115 Å². The van der Waals surface area contributed by atoms with Gasteiger partial charge in [-0.1, -0.05) is 0 Å². The van der Waals surface area contributed by atoms with Crippen molar-refractivity contribution < 1.29 is 0 Å². The third-order valence-electron chi connectivity index (χ3n) is 3.53. The van der Waals surface area contributed by atoms with Crippen molar-refractivity contribution in [3.8, 4) is 0 Å². The van der Waals surface area contributed by atoms with Gasteiger partial charge in [-0.2, -0.15) is 5.10 Å². The Morgan fingerprint density at radius 2 is 2.28 bits per heavy atom. The van der Waals surface area contributed by atoms with E-state index in [1.54, 1.807) is 13.2 Å². The standard InChI is InChI=1S/C12H19BrN4O/c1-8(14)9-5-3-4-6-17(9)10-7-15-16(2)12(18)11(10)13/h7-9H,3-6,14H2,1-2H3. The van der Waals surface area contributed by atoms with Gasteiger partial charge in [-0.3, -0.25) is 4.79 Å². The van der Waals surface area contributed by atoms with Gasteiger partial charge in [-0.25, -0.2) is 4.68 Å². The molecule has 1 fully saturated rings. The zero-order valence-electron chi connectivity index (χ0n) is 10.8. The summed E-state index contributed by atoms with van der Waals surface area (Å²) < 4.78 is 1.91. The molecule has 100 valence electrons. The van der Waals surface area contributed by atoms with E-state index in [0.717, 1.165) is 25.1 Å². The molecule has 1 aromatic heterocycles. The number of halogens is 1. The molecule has 0 saturated carbocycles. The Balaban J connectivity index is 2.40. The second kappa shape index (κ2) is 5.40. The molecule has 18 heavy (non-hydrogen) atoms. The van der Waals surface area contributed by atoms with Gasteiger partial charge in [0.1, 0.15) is 4.47 Å². The van der Waals surface area contributed by atoms with Crippen molar-refractivity contribution in [1.29, 1.82) is 0 Å².